The SMILES string of the molecule is Cc1sc(-c2ccc(Cl)cc2)nc1C1=C(OS(C)(=O)=O)CC(C)(C)CC1=O. The minimum absolute atomic E-state index is 0.152. The van der Waals surface area contributed by atoms with Crippen molar-refractivity contribution in [2.75, 3.05) is 6.26 Å². The van der Waals surface area contributed by atoms with E-state index in [1.165, 1.54) is 11.3 Å². The van der Waals surface area contributed by atoms with E-state index in [0.29, 0.717) is 23.6 Å². The number of carbonyl (C=O) groups is 1. The highest BCUT2D eigenvalue weighted by Gasteiger charge is 2.37. The number of hydrogen-bond acceptors (Lipinski definition) is 6. The molecule has 0 N–H and O–H groups in total. The van der Waals surface area contributed by atoms with Gasteiger partial charge in [-0.1, -0.05) is 37.6 Å². The van der Waals surface area contributed by atoms with Gasteiger partial charge in [-0.2, -0.15) is 8.42 Å². The molecule has 0 unspecified atom stereocenters. The van der Waals surface area contributed by atoms with Gasteiger partial charge in [0.1, 0.15) is 10.8 Å². The van der Waals surface area contributed by atoms with Crippen molar-refractivity contribution >= 4 is 44.4 Å². The zero-order valence-electron chi connectivity index (χ0n) is 15.5. The van der Waals surface area contributed by atoms with E-state index in [0.717, 1.165) is 21.7 Å². The second-order valence-corrected chi connectivity index (χ2v) is 10.7. The predicted octanol–water partition coefficient (Wildman–Crippen LogP) is 4.85. The Labute approximate surface area is 168 Å². The van der Waals surface area contributed by atoms with E-state index in [2.05, 4.69) is 4.98 Å². The van der Waals surface area contributed by atoms with Gasteiger partial charge >= 0.3 is 10.1 Å². The number of nitrogens with zero attached hydrogens (tertiary/aromatic N) is 1. The molecule has 0 bridgehead atoms. The smallest absolute Gasteiger partial charge is 0.305 e. The highest BCUT2D eigenvalue weighted by atomic mass is 35.5. The highest BCUT2D eigenvalue weighted by molar-refractivity contribution is 7.86. The molecule has 1 aromatic carbocycles. The van der Waals surface area contributed by atoms with Crippen molar-refractivity contribution in [3.8, 4) is 10.6 Å². The zero-order chi connectivity index (χ0) is 20.0. The van der Waals surface area contributed by atoms with Crippen LogP contribution in [-0.2, 0) is 19.1 Å². The fraction of sp³-hybridized carbons (Fsp3) is 0.368. The van der Waals surface area contributed by atoms with Gasteiger partial charge in [-0.15, -0.1) is 11.3 Å². The molecule has 27 heavy (non-hydrogen) atoms. The number of aromatic nitrogens is 1. The number of thiazole rings is 1. The number of carbonyl (C=O) groups excluding carboxylic acids is 1. The van der Waals surface area contributed by atoms with Crippen molar-refractivity contribution in [1.82, 2.24) is 4.98 Å². The Kier molecular flexibility index (Phi) is 5.22. The molecular formula is C19H20ClNO4S2. The number of ketones is 1. The third-order valence-electron chi connectivity index (χ3n) is 4.21. The largest absolute Gasteiger partial charge is 0.386 e. The molecule has 1 aliphatic rings. The van der Waals surface area contributed by atoms with Crippen LogP contribution in [0, 0.1) is 12.3 Å². The second-order valence-electron chi connectivity index (χ2n) is 7.46. The van der Waals surface area contributed by atoms with Crippen LogP contribution < -0.4 is 0 Å². The maximum atomic E-state index is 12.9. The van der Waals surface area contributed by atoms with Gasteiger partial charge in [0.2, 0.25) is 0 Å². The van der Waals surface area contributed by atoms with E-state index >= 15 is 0 Å². The highest BCUT2D eigenvalue weighted by Crippen LogP contribution is 2.43. The fourth-order valence-electron chi connectivity index (χ4n) is 3.13. The summed E-state index contributed by atoms with van der Waals surface area (Å²) < 4.78 is 28.7. The Morgan fingerprint density at radius 2 is 1.81 bits per heavy atom. The molecule has 2 aromatic rings. The molecule has 1 aromatic heterocycles. The quantitative estimate of drug-likeness (QED) is 0.654. The molecule has 0 radical (unpaired) electrons. The molecule has 3 rings (SSSR count). The van der Waals surface area contributed by atoms with Crippen LogP contribution >= 0.6 is 22.9 Å². The molecule has 0 fully saturated rings. The minimum atomic E-state index is -3.75. The standard InChI is InChI=1S/C19H20ClNO4S2/c1-11-17(21-18(26-11)12-5-7-13(20)8-6-12)16-14(22)9-19(2,3)10-15(16)25-27(4,23)24/h5-8H,9-10H2,1-4H3. The Morgan fingerprint density at radius 3 is 2.41 bits per heavy atom. The molecule has 1 aliphatic carbocycles. The fourth-order valence-corrected chi connectivity index (χ4v) is 4.69. The first-order chi connectivity index (χ1) is 12.5. The second kappa shape index (κ2) is 7.04. The summed E-state index contributed by atoms with van der Waals surface area (Å²) in [4.78, 5) is 18.3. The van der Waals surface area contributed by atoms with E-state index in [4.69, 9.17) is 15.8 Å². The third kappa shape index (κ3) is 4.59. The topological polar surface area (TPSA) is 73.3 Å². The molecule has 5 nitrogen and oxygen atoms in total. The summed E-state index contributed by atoms with van der Waals surface area (Å²) in [6, 6.07) is 7.27. The number of rotatable bonds is 4. The van der Waals surface area contributed by atoms with Gasteiger partial charge in [0.15, 0.2) is 5.78 Å². The maximum Gasteiger partial charge on any atom is 0.305 e. The van der Waals surface area contributed by atoms with E-state index in [-0.39, 0.29) is 22.5 Å². The lowest BCUT2D eigenvalue weighted by Crippen LogP contribution is -2.27. The molecule has 0 aliphatic heterocycles. The van der Waals surface area contributed by atoms with Crippen LogP contribution in [0.3, 0.4) is 0 Å². The molecule has 0 spiro atoms. The van der Waals surface area contributed by atoms with Crippen LogP contribution in [0.1, 0.15) is 37.3 Å². The van der Waals surface area contributed by atoms with E-state index in [9.17, 15) is 13.2 Å². The summed E-state index contributed by atoms with van der Waals surface area (Å²) >= 11 is 7.38. The maximum absolute atomic E-state index is 12.9. The first-order valence-electron chi connectivity index (χ1n) is 8.35. The molecule has 0 atom stereocenters. The van der Waals surface area contributed by atoms with Crippen LogP contribution in [-0.4, -0.2) is 25.4 Å². The van der Waals surface area contributed by atoms with Crippen molar-refractivity contribution in [3.63, 3.8) is 0 Å². The van der Waals surface area contributed by atoms with Crippen LogP contribution in [0.15, 0.2) is 30.0 Å². The van der Waals surface area contributed by atoms with E-state index in [1.54, 1.807) is 12.1 Å². The average molecular weight is 426 g/mol. The average Bonchev–Trinajstić information content (AvgIpc) is 2.86. The summed E-state index contributed by atoms with van der Waals surface area (Å²) in [7, 11) is -3.75. The van der Waals surface area contributed by atoms with Gasteiger partial charge in [0, 0.05) is 28.3 Å². The summed E-state index contributed by atoms with van der Waals surface area (Å²) in [5.41, 5.74) is 1.27. The Morgan fingerprint density at radius 1 is 1.19 bits per heavy atom. The number of aryl methyl sites for hydroxylation is 1. The van der Waals surface area contributed by atoms with Gasteiger partial charge in [0.25, 0.3) is 0 Å². The predicted molar refractivity (Wildman–Crippen MR) is 108 cm³/mol. The van der Waals surface area contributed by atoms with Gasteiger partial charge in [-0.05, 0) is 24.5 Å². The molecular weight excluding hydrogens is 406 g/mol. The third-order valence-corrected chi connectivity index (χ3v) is 5.99. The van der Waals surface area contributed by atoms with Gasteiger partial charge in [-0.3, -0.25) is 4.79 Å². The Balaban J connectivity index is 2.13. The van der Waals surface area contributed by atoms with Crippen LogP contribution in [0.4, 0.5) is 0 Å². The van der Waals surface area contributed by atoms with E-state index < -0.39 is 10.1 Å². The molecule has 0 saturated heterocycles. The number of hydrogen-bond donors (Lipinski definition) is 0. The van der Waals surface area contributed by atoms with Crippen molar-refractivity contribution in [3.05, 3.63) is 45.6 Å². The zero-order valence-corrected chi connectivity index (χ0v) is 17.9. The number of allylic oxidation sites excluding steroid dienone is 2. The summed E-state index contributed by atoms with van der Waals surface area (Å²) in [5.74, 6) is 0.0239. The van der Waals surface area contributed by atoms with Crippen LogP contribution in [0.25, 0.3) is 16.1 Å². The van der Waals surface area contributed by atoms with Crippen molar-refractivity contribution < 1.29 is 17.4 Å². The summed E-state index contributed by atoms with van der Waals surface area (Å²) in [5, 5.41) is 1.37. The molecule has 144 valence electrons. The first kappa shape index (κ1) is 20.0. The van der Waals surface area contributed by atoms with E-state index in [1.807, 2.05) is 32.9 Å². The van der Waals surface area contributed by atoms with Gasteiger partial charge in [-0.25, -0.2) is 4.98 Å². The lowest BCUT2D eigenvalue weighted by atomic mass is 9.76. The number of halogens is 1. The Bertz CT molecular complexity index is 1030. The van der Waals surface area contributed by atoms with Crippen LogP contribution in [0.2, 0.25) is 5.02 Å². The van der Waals surface area contributed by atoms with Gasteiger partial charge < -0.3 is 4.18 Å². The minimum Gasteiger partial charge on any atom is -0.386 e. The lowest BCUT2D eigenvalue weighted by Gasteiger charge is -2.30. The van der Waals surface area contributed by atoms with Gasteiger partial charge in [0.05, 0.1) is 17.5 Å². The monoisotopic (exact) mass is 425 g/mol. The summed E-state index contributed by atoms with van der Waals surface area (Å²) in [6.45, 7) is 5.70. The summed E-state index contributed by atoms with van der Waals surface area (Å²) in [6.07, 6.45) is 1.65. The number of benzene rings is 1. The molecule has 0 amide bonds. The van der Waals surface area contributed by atoms with Crippen molar-refractivity contribution in [2.45, 2.75) is 33.6 Å². The molecule has 8 heteroatoms. The lowest BCUT2D eigenvalue weighted by molar-refractivity contribution is -0.116. The first-order valence-corrected chi connectivity index (χ1v) is 11.4. The van der Waals surface area contributed by atoms with Crippen molar-refractivity contribution in [1.29, 1.82) is 0 Å². The van der Waals surface area contributed by atoms with Crippen molar-refractivity contribution in [2.24, 2.45) is 5.41 Å². The molecule has 0 saturated carbocycles. The van der Waals surface area contributed by atoms with Crippen LogP contribution in [0.5, 0.6) is 0 Å². The normalized spacial score (nSPS) is 17.3. The Hall–Kier alpha value is -1.70. The molecule has 1 heterocycles. The number of Topliss-reactive ketones (excluding diaryl/α,β-unsaturated/α-hetero) is 1.